The topological polar surface area (TPSA) is 137 Å². The predicted molar refractivity (Wildman–Crippen MR) is 181 cm³/mol. The highest BCUT2D eigenvalue weighted by molar-refractivity contribution is 7.15. The van der Waals surface area contributed by atoms with Gasteiger partial charge in [-0.3, -0.25) is 9.89 Å². The Labute approximate surface area is 279 Å². The summed E-state index contributed by atoms with van der Waals surface area (Å²) in [7, 11) is 0. The molecule has 3 N–H and O–H groups in total. The minimum Gasteiger partial charge on any atom is -0.488 e. The van der Waals surface area contributed by atoms with E-state index in [9.17, 15) is 9.59 Å². The molecule has 1 saturated heterocycles. The third-order valence-corrected chi connectivity index (χ3v) is 8.75. The molecule has 0 radical (unpaired) electrons. The molecule has 250 valence electrons. The van der Waals surface area contributed by atoms with Gasteiger partial charge in [0.1, 0.15) is 29.2 Å². The smallest absolute Gasteiger partial charge is 0.407 e. The number of carbonyl (C=O) groups is 2. The number of alkyl carbamates (subject to hydrolysis) is 1. The van der Waals surface area contributed by atoms with Crippen molar-refractivity contribution in [1.82, 2.24) is 20.5 Å². The number of rotatable bonds is 10. The molecule has 12 heteroatoms. The van der Waals surface area contributed by atoms with Crippen molar-refractivity contribution in [3.63, 3.8) is 0 Å². The SMILES string of the molecule is CC.Cc1sc(-c2cccc(OCc3ccccc3)c2C2OCCO2)nc1C(=O)Nc1cc(C2CCC(OC(=O)NC(C)C)C2)[nH]n1. The van der Waals surface area contributed by atoms with E-state index in [4.69, 9.17) is 23.9 Å². The maximum absolute atomic E-state index is 13.4. The first-order valence-corrected chi connectivity index (χ1v) is 17.0. The van der Waals surface area contributed by atoms with E-state index in [-0.39, 0.29) is 24.0 Å². The summed E-state index contributed by atoms with van der Waals surface area (Å²) in [6, 6.07) is 17.6. The molecule has 2 aliphatic rings. The molecule has 2 aromatic heterocycles. The first-order valence-electron chi connectivity index (χ1n) is 16.2. The lowest BCUT2D eigenvalue weighted by Gasteiger charge is -2.18. The van der Waals surface area contributed by atoms with Crippen LogP contribution in [-0.4, -0.2) is 52.5 Å². The second kappa shape index (κ2) is 16.0. The fourth-order valence-electron chi connectivity index (χ4n) is 5.62. The van der Waals surface area contributed by atoms with Gasteiger partial charge in [-0.25, -0.2) is 9.78 Å². The average Bonchev–Trinajstić information content (AvgIpc) is 3.89. The molecule has 11 nitrogen and oxygen atoms in total. The largest absolute Gasteiger partial charge is 0.488 e. The van der Waals surface area contributed by atoms with Crippen molar-refractivity contribution in [2.24, 2.45) is 0 Å². The fourth-order valence-corrected chi connectivity index (χ4v) is 6.57. The molecule has 2 fully saturated rings. The highest BCUT2D eigenvalue weighted by Gasteiger charge is 2.31. The van der Waals surface area contributed by atoms with Gasteiger partial charge in [-0.05, 0) is 51.7 Å². The molecule has 1 aliphatic heterocycles. The number of ether oxygens (including phenoxy) is 4. The fraction of sp³-hybridized carbons (Fsp3) is 0.429. The van der Waals surface area contributed by atoms with Gasteiger partial charge in [0.25, 0.3) is 5.91 Å². The minimum atomic E-state index is -0.596. The van der Waals surface area contributed by atoms with Crippen LogP contribution in [0, 0.1) is 6.92 Å². The van der Waals surface area contributed by atoms with Gasteiger partial charge in [0, 0.05) is 34.2 Å². The monoisotopic (exact) mass is 661 g/mol. The molecule has 0 spiro atoms. The van der Waals surface area contributed by atoms with Crippen molar-refractivity contribution in [3.05, 3.63) is 82.0 Å². The van der Waals surface area contributed by atoms with Gasteiger partial charge in [-0.15, -0.1) is 11.3 Å². The number of H-pyrrole nitrogens is 1. The summed E-state index contributed by atoms with van der Waals surface area (Å²) in [4.78, 5) is 30.9. The quantitative estimate of drug-likeness (QED) is 0.159. The van der Waals surface area contributed by atoms with Gasteiger partial charge in [0.05, 0.1) is 18.8 Å². The Morgan fingerprint density at radius 2 is 1.83 bits per heavy atom. The van der Waals surface area contributed by atoms with Crippen molar-refractivity contribution in [1.29, 1.82) is 0 Å². The number of aryl methyl sites for hydroxylation is 1. The molecule has 2 amide bonds. The van der Waals surface area contributed by atoms with Gasteiger partial charge in [-0.1, -0.05) is 56.3 Å². The van der Waals surface area contributed by atoms with Crippen LogP contribution in [0.2, 0.25) is 0 Å². The number of amides is 2. The maximum atomic E-state index is 13.4. The van der Waals surface area contributed by atoms with E-state index in [1.165, 1.54) is 11.3 Å². The van der Waals surface area contributed by atoms with E-state index in [1.807, 2.05) is 89.2 Å². The Morgan fingerprint density at radius 3 is 2.57 bits per heavy atom. The Bertz CT molecular complexity index is 1630. The normalized spacial score (nSPS) is 17.7. The summed E-state index contributed by atoms with van der Waals surface area (Å²) < 4.78 is 23.6. The number of benzene rings is 2. The van der Waals surface area contributed by atoms with Crippen LogP contribution in [0.1, 0.15) is 91.4 Å². The van der Waals surface area contributed by atoms with E-state index < -0.39 is 12.4 Å². The van der Waals surface area contributed by atoms with Crippen LogP contribution in [0.25, 0.3) is 10.6 Å². The molecule has 3 heterocycles. The van der Waals surface area contributed by atoms with Gasteiger partial charge < -0.3 is 29.6 Å². The Hall–Kier alpha value is -4.26. The third-order valence-electron chi connectivity index (χ3n) is 7.75. The van der Waals surface area contributed by atoms with Crippen LogP contribution in [0.4, 0.5) is 10.6 Å². The molecule has 2 atom stereocenters. The number of aromatic amines is 1. The van der Waals surface area contributed by atoms with Crippen LogP contribution < -0.4 is 15.4 Å². The van der Waals surface area contributed by atoms with Crippen LogP contribution in [-0.2, 0) is 20.8 Å². The Balaban J connectivity index is 0.00000213. The molecule has 1 saturated carbocycles. The summed E-state index contributed by atoms with van der Waals surface area (Å²) in [6.07, 6.45) is 1.18. The van der Waals surface area contributed by atoms with E-state index in [0.29, 0.717) is 48.5 Å². The van der Waals surface area contributed by atoms with Crippen LogP contribution in [0.5, 0.6) is 5.75 Å². The number of aromatic nitrogens is 3. The molecular weight excluding hydrogens is 618 g/mol. The highest BCUT2D eigenvalue weighted by Crippen LogP contribution is 2.41. The number of thiazole rings is 1. The van der Waals surface area contributed by atoms with Gasteiger partial charge in [-0.2, -0.15) is 5.10 Å². The summed E-state index contributed by atoms with van der Waals surface area (Å²) in [6.45, 7) is 11.0. The summed E-state index contributed by atoms with van der Waals surface area (Å²) in [5.41, 5.74) is 3.80. The second-order valence-electron chi connectivity index (χ2n) is 11.5. The average molecular weight is 662 g/mol. The maximum Gasteiger partial charge on any atom is 0.407 e. The Kier molecular flexibility index (Phi) is 11.6. The van der Waals surface area contributed by atoms with E-state index in [1.54, 1.807) is 0 Å². The van der Waals surface area contributed by atoms with Crippen molar-refractivity contribution in [2.75, 3.05) is 18.5 Å². The molecule has 0 bridgehead atoms. The first kappa shape index (κ1) is 34.1. The molecule has 2 unspecified atom stereocenters. The Morgan fingerprint density at radius 1 is 1.06 bits per heavy atom. The molecule has 2 aromatic carbocycles. The van der Waals surface area contributed by atoms with E-state index in [2.05, 4.69) is 20.8 Å². The standard InChI is InChI=1S/C33H37N5O6S.C2H6/c1-19(2)34-33(40)44-23-13-12-22(16-23)25-17-27(38-37-25)35-30(39)29-20(3)45-31(36-29)24-10-7-11-26(28(24)32-41-14-15-42-32)43-18-21-8-5-4-6-9-21;1-2/h4-11,17,19,22-23,32H,12-16,18H2,1-3H3,(H,34,40)(H2,35,37,38,39);1-2H3. The summed E-state index contributed by atoms with van der Waals surface area (Å²) >= 11 is 1.42. The van der Waals surface area contributed by atoms with E-state index in [0.717, 1.165) is 40.1 Å². The molecule has 1 aliphatic carbocycles. The minimum absolute atomic E-state index is 0.0207. The van der Waals surface area contributed by atoms with Crippen LogP contribution in [0.3, 0.4) is 0 Å². The molecule has 47 heavy (non-hydrogen) atoms. The number of carbonyl (C=O) groups excluding carboxylic acids is 2. The number of nitrogens with one attached hydrogen (secondary N) is 3. The highest BCUT2D eigenvalue weighted by atomic mass is 32.1. The zero-order valence-electron chi connectivity index (χ0n) is 27.5. The number of hydrogen-bond donors (Lipinski definition) is 3. The number of nitrogens with zero attached hydrogens (tertiary/aromatic N) is 2. The number of hydrogen-bond acceptors (Lipinski definition) is 9. The van der Waals surface area contributed by atoms with Crippen molar-refractivity contribution in [3.8, 4) is 16.3 Å². The first-order chi connectivity index (χ1) is 22.8. The van der Waals surface area contributed by atoms with Crippen LogP contribution >= 0.6 is 11.3 Å². The zero-order chi connectivity index (χ0) is 33.3. The molecular formula is C35H43N5O6S. The van der Waals surface area contributed by atoms with E-state index >= 15 is 0 Å². The lowest BCUT2D eigenvalue weighted by molar-refractivity contribution is -0.0454. The molecule has 4 aromatic rings. The predicted octanol–water partition coefficient (Wildman–Crippen LogP) is 7.52. The van der Waals surface area contributed by atoms with Gasteiger partial charge in [0.15, 0.2) is 12.1 Å². The van der Waals surface area contributed by atoms with Gasteiger partial charge in [0.2, 0.25) is 0 Å². The zero-order valence-corrected chi connectivity index (χ0v) is 28.3. The third kappa shape index (κ3) is 8.56. The van der Waals surface area contributed by atoms with Crippen molar-refractivity contribution in [2.45, 2.75) is 84.8 Å². The lowest BCUT2D eigenvalue weighted by Crippen LogP contribution is -2.33. The summed E-state index contributed by atoms with van der Waals surface area (Å²) in [5, 5.41) is 13.7. The van der Waals surface area contributed by atoms with Crippen molar-refractivity contribution >= 4 is 29.2 Å². The second-order valence-corrected chi connectivity index (χ2v) is 12.7. The van der Waals surface area contributed by atoms with Crippen LogP contribution in [0.15, 0.2) is 54.6 Å². The molecule has 6 rings (SSSR count). The summed E-state index contributed by atoms with van der Waals surface area (Å²) in [5.74, 6) is 0.863. The van der Waals surface area contributed by atoms with Crippen molar-refractivity contribution < 1.29 is 28.5 Å². The van der Waals surface area contributed by atoms with Gasteiger partial charge >= 0.3 is 6.09 Å². The lowest BCUT2D eigenvalue weighted by atomic mass is 10.0. The number of anilines is 1.